The summed E-state index contributed by atoms with van der Waals surface area (Å²) in [6, 6.07) is 6.81. The van der Waals surface area contributed by atoms with Crippen molar-refractivity contribution in [3.63, 3.8) is 0 Å². The maximum Gasteiger partial charge on any atom is 0.269 e. The summed E-state index contributed by atoms with van der Waals surface area (Å²) in [6.07, 6.45) is 4.81. The van der Waals surface area contributed by atoms with Crippen molar-refractivity contribution in [3.8, 4) is 0 Å². The van der Waals surface area contributed by atoms with Gasteiger partial charge in [0, 0.05) is 41.2 Å². The van der Waals surface area contributed by atoms with Crippen LogP contribution in [0.3, 0.4) is 0 Å². The van der Waals surface area contributed by atoms with E-state index in [0.717, 1.165) is 29.5 Å². The van der Waals surface area contributed by atoms with E-state index in [4.69, 9.17) is 5.73 Å². The lowest BCUT2D eigenvalue weighted by Crippen LogP contribution is -2.36. The quantitative estimate of drug-likeness (QED) is 0.434. The van der Waals surface area contributed by atoms with Crippen LogP contribution in [-0.2, 0) is 22.9 Å². The first-order chi connectivity index (χ1) is 16.5. The lowest BCUT2D eigenvalue weighted by atomic mass is 10.0. The minimum atomic E-state index is -4.00. The molecule has 4 N–H and O–H groups in total. The molecule has 5 rings (SSSR count). The van der Waals surface area contributed by atoms with Gasteiger partial charge in [0.25, 0.3) is 5.91 Å². The molecular formula is C24H27FN6O3S. The van der Waals surface area contributed by atoms with Gasteiger partial charge in [0.1, 0.15) is 11.5 Å². The lowest BCUT2D eigenvalue weighted by Gasteiger charge is -2.18. The highest BCUT2D eigenvalue weighted by atomic mass is 32.2. The normalized spacial score (nSPS) is 18.0. The summed E-state index contributed by atoms with van der Waals surface area (Å²) in [7, 11) is -4.00. The van der Waals surface area contributed by atoms with Crippen LogP contribution < -0.4 is 15.8 Å². The molecule has 1 aromatic carbocycles. The van der Waals surface area contributed by atoms with Gasteiger partial charge in [-0.15, -0.1) is 10.2 Å². The van der Waals surface area contributed by atoms with Crippen molar-refractivity contribution < 1.29 is 17.6 Å². The summed E-state index contributed by atoms with van der Waals surface area (Å²) < 4.78 is 43.7. The van der Waals surface area contributed by atoms with Gasteiger partial charge in [-0.3, -0.25) is 9.78 Å². The molecule has 0 aliphatic heterocycles. The largest absolute Gasteiger partial charge is 0.365 e. The molecule has 2 aliphatic rings. The Kier molecular flexibility index (Phi) is 5.71. The second-order valence-corrected chi connectivity index (χ2v) is 11.6. The molecule has 1 fully saturated rings. The van der Waals surface area contributed by atoms with Crippen molar-refractivity contribution in [1.82, 2.24) is 19.9 Å². The lowest BCUT2D eigenvalue weighted by molar-refractivity contribution is 0.0994. The maximum atomic E-state index is 14.2. The molecule has 0 spiro atoms. The minimum Gasteiger partial charge on any atom is -0.365 e. The number of alkyl halides is 1. The third kappa shape index (κ3) is 4.96. The Balaban J connectivity index is 1.52. The highest BCUT2D eigenvalue weighted by Gasteiger charge is 2.33. The van der Waals surface area contributed by atoms with Crippen LogP contribution in [0.15, 0.2) is 35.4 Å². The number of aromatic nitrogens is 3. The van der Waals surface area contributed by atoms with Gasteiger partial charge in [0.2, 0.25) is 10.0 Å². The maximum absolute atomic E-state index is 14.2. The number of nitrogens with two attached hydrogens (primary N) is 1. The summed E-state index contributed by atoms with van der Waals surface area (Å²) in [5.41, 5.74) is 6.07. The predicted molar refractivity (Wildman–Crippen MR) is 129 cm³/mol. The van der Waals surface area contributed by atoms with Crippen LogP contribution in [0.1, 0.15) is 59.9 Å². The Morgan fingerprint density at radius 3 is 2.60 bits per heavy atom. The smallest absolute Gasteiger partial charge is 0.269 e. The van der Waals surface area contributed by atoms with Crippen molar-refractivity contribution in [2.24, 2.45) is 5.73 Å². The number of primary amides is 1. The average Bonchev–Trinajstić information content (AvgIpc) is 3.56. The molecule has 35 heavy (non-hydrogen) atoms. The zero-order valence-electron chi connectivity index (χ0n) is 19.5. The monoisotopic (exact) mass is 498 g/mol. The number of rotatable bonds is 8. The molecule has 2 heterocycles. The van der Waals surface area contributed by atoms with E-state index in [1.807, 2.05) is 12.1 Å². The van der Waals surface area contributed by atoms with E-state index in [1.54, 1.807) is 12.3 Å². The summed E-state index contributed by atoms with van der Waals surface area (Å²) in [6.45, 7) is 2.34. The molecule has 1 saturated carbocycles. The fourth-order valence-electron chi connectivity index (χ4n) is 4.47. The molecule has 11 heteroatoms. The van der Waals surface area contributed by atoms with E-state index in [9.17, 15) is 17.6 Å². The number of sulfonamides is 1. The van der Waals surface area contributed by atoms with Crippen LogP contribution in [0.2, 0.25) is 0 Å². The molecule has 0 unspecified atom stereocenters. The van der Waals surface area contributed by atoms with Gasteiger partial charge >= 0.3 is 0 Å². The molecule has 0 bridgehead atoms. The van der Waals surface area contributed by atoms with Crippen molar-refractivity contribution in [2.45, 2.75) is 62.1 Å². The average molecular weight is 499 g/mol. The van der Waals surface area contributed by atoms with E-state index in [1.165, 1.54) is 19.9 Å². The van der Waals surface area contributed by atoms with E-state index in [0.29, 0.717) is 35.5 Å². The second-order valence-electron chi connectivity index (χ2n) is 9.91. The Hall–Kier alpha value is -3.18. The number of anilines is 1. The van der Waals surface area contributed by atoms with Gasteiger partial charge in [-0.1, -0.05) is 0 Å². The van der Waals surface area contributed by atoms with E-state index in [2.05, 4.69) is 25.2 Å². The highest BCUT2D eigenvalue weighted by molar-refractivity contribution is 7.89. The van der Waals surface area contributed by atoms with Crippen LogP contribution in [-0.4, -0.2) is 47.8 Å². The van der Waals surface area contributed by atoms with Crippen LogP contribution >= 0.6 is 0 Å². The van der Waals surface area contributed by atoms with Crippen molar-refractivity contribution >= 4 is 32.5 Å². The molecule has 0 radical (unpaired) electrons. The van der Waals surface area contributed by atoms with Gasteiger partial charge in [-0.25, -0.2) is 17.5 Å². The SMILES string of the molecule is CC(C)(F)CNS(=O)(=O)c1c2c(cc3cnc(C4CC4)cc13)C[C@@H](Nc1ccc(C(N)=O)nn1)C2. The Morgan fingerprint density at radius 1 is 1.20 bits per heavy atom. The first-order valence-electron chi connectivity index (χ1n) is 11.5. The van der Waals surface area contributed by atoms with Gasteiger partial charge in [0.15, 0.2) is 5.69 Å². The van der Waals surface area contributed by atoms with Gasteiger partial charge < -0.3 is 11.1 Å². The number of hydrogen-bond acceptors (Lipinski definition) is 7. The Labute approximate surface area is 202 Å². The predicted octanol–water partition coefficient (Wildman–Crippen LogP) is 2.61. The third-order valence-electron chi connectivity index (χ3n) is 6.32. The second kappa shape index (κ2) is 8.49. The molecular weight excluding hydrogens is 471 g/mol. The number of carbonyl (C=O) groups is 1. The molecule has 184 valence electrons. The number of nitrogens with zero attached hydrogens (tertiary/aromatic N) is 3. The number of carbonyl (C=O) groups excluding carboxylic acids is 1. The summed E-state index contributed by atoms with van der Waals surface area (Å²) in [5, 5.41) is 12.4. The number of pyridine rings is 1. The highest BCUT2D eigenvalue weighted by Crippen LogP contribution is 2.42. The standard InChI is InChI=1S/C24H27FN6O3S/c1-24(2,25)12-28-35(33,34)22-17-9-16(29-21-6-5-19(23(26)32)30-31-21)8-14(17)7-15-11-27-20(10-18(15)22)13-3-4-13/h5-7,10-11,13,16,28H,3-4,8-9,12H2,1-2H3,(H2,26,32)(H,29,31)/t16-/m1/s1. The van der Waals surface area contributed by atoms with Crippen molar-refractivity contribution in [1.29, 1.82) is 0 Å². The molecule has 2 aliphatic carbocycles. The topological polar surface area (TPSA) is 140 Å². The molecule has 9 nitrogen and oxygen atoms in total. The number of hydrogen-bond donors (Lipinski definition) is 3. The first-order valence-corrected chi connectivity index (χ1v) is 13.0. The Morgan fingerprint density at radius 2 is 1.97 bits per heavy atom. The number of fused-ring (bicyclic) bond motifs is 2. The van der Waals surface area contributed by atoms with E-state index >= 15 is 0 Å². The molecule has 1 atom stereocenters. The summed E-state index contributed by atoms with van der Waals surface area (Å²) >= 11 is 0. The number of nitrogens with one attached hydrogen (secondary N) is 2. The van der Waals surface area contributed by atoms with Crippen LogP contribution in [0, 0.1) is 0 Å². The number of halogens is 1. The summed E-state index contributed by atoms with van der Waals surface area (Å²) in [5.74, 6) is 0.149. The molecule has 1 amide bonds. The Bertz CT molecular complexity index is 1420. The molecule has 0 saturated heterocycles. The third-order valence-corrected chi connectivity index (χ3v) is 7.85. The fourth-order valence-corrected chi connectivity index (χ4v) is 6.15. The zero-order valence-corrected chi connectivity index (χ0v) is 20.3. The van der Waals surface area contributed by atoms with E-state index < -0.39 is 21.6 Å². The number of benzene rings is 1. The van der Waals surface area contributed by atoms with Crippen LogP contribution in [0.4, 0.5) is 10.2 Å². The van der Waals surface area contributed by atoms with E-state index in [-0.39, 0.29) is 23.2 Å². The van der Waals surface area contributed by atoms with Gasteiger partial charge in [-0.05, 0) is 74.9 Å². The van der Waals surface area contributed by atoms with Crippen LogP contribution in [0.25, 0.3) is 10.8 Å². The molecule has 3 aromatic rings. The summed E-state index contributed by atoms with van der Waals surface area (Å²) in [4.78, 5) is 16.0. The minimum absolute atomic E-state index is 0.0608. The fraction of sp³-hybridized carbons (Fsp3) is 0.417. The number of amides is 1. The van der Waals surface area contributed by atoms with Gasteiger partial charge in [-0.2, -0.15) is 0 Å². The van der Waals surface area contributed by atoms with Crippen molar-refractivity contribution in [2.75, 3.05) is 11.9 Å². The van der Waals surface area contributed by atoms with Gasteiger partial charge in [0.05, 0.1) is 4.90 Å². The first kappa shape index (κ1) is 23.6. The van der Waals surface area contributed by atoms with Crippen molar-refractivity contribution in [3.05, 3.63) is 53.0 Å². The van der Waals surface area contributed by atoms with Crippen LogP contribution in [0.5, 0.6) is 0 Å². The molecule has 2 aromatic heterocycles. The zero-order chi connectivity index (χ0) is 25.0.